The van der Waals surface area contributed by atoms with Crippen molar-refractivity contribution in [1.29, 1.82) is 0 Å². The molecule has 1 aromatic carbocycles. The first-order valence-electron chi connectivity index (χ1n) is 10.5. The molecule has 1 aliphatic heterocycles. The van der Waals surface area contributed by atoms with Crippen LogP contribution in [0.3, 0.4) is 0 Å². The number of rotatable bonds is 6. The molecule has 14 heteroatoms. The van der Waals surface area contributed by atoms with E-state index in [-0.39, 0.29) is 33.7 Å². The van der Waals surface area contributed by atoms with Gasteiger partial charge < -0.3 is 9.26 Å². The summed E-state index contributed by atoms with van der Waals surface area (Å²) in [7, 11) is -5.71. The molecule has 9 nitrogen and oxygen atoms in total. The van der Waals surface area contributed by atoms with E-state index in [2.05, 4.69) is 10.1 Å². The zero-order valence-electron chi connectivity index (χ0n) is 18.3. The van der Waals surface area contributed by atoms with Gasteiger partial charge in [0.05, 0.1) is 35.0 Å². The van der Waals surface area contributed by atoms with Crippen molar-refractivity contribution in [1.82, 2.24) is 10.1 Å². The number of hydrogen-bond donors (Lipinski definition) is 1. The summed E-state index contributed by atoms with van der Waals surface area (Å²) in [5.74, 6) is -0.383. The number of amides is 1. The predicted octanol–water partition coefficient (Wildman–Crippen LogP) is 4.88. The van der Waals surface area contributed by atoms with Gasteiger partial charge in [-0.3, -0.25) is 14.4 Å². The summed E-state index contributed by atoms with van der Waals surface area (Å²) in [5.41, 5.74) is -5.08. The Hall–Kier alpha value is -3.06. The molecule has 0 saturated heterocycles. The minimum absolute atomic E-state index is 0.00457. The summed E-state index contributed by atoms with van der Waals surface area (Å²) in [6.45, 7) is 4.35. The van der Waals surface area contributed by atoms with Crippen molar-refractivity contribution in [2.45, 2.75) is 37.6 Å². The van der Waals surface area contributed by atoms with Crippen LogP contribution in [0.4, 0.5) is 30.4 Å². The third-order valence-corrected chi connectivity index (χ3v) is 7.19. The van der Waals surface area contributed by atoms with Gasteiger partial charge in [0.15, 0.2) is 11.4 Å². The number of hydrogen-bond acceptors (Lipinski definition) is 7. The largest absolute Gasteiger partial charge is 0.516 e. The number of pyridine rings is 1. The van der Waals surface area contributed by atoms with Crippen molar-refractivity contribution in [2.75, 3.05) is 16.2 Å². The zero-order valence-corrected chi connectivity index (χ0v) is 19.9. The molecular weight excluding hydrogens is 513 g/mol. The van der Waals surface area contributed by atoms with Crippen molar-refractivity contribution >= 4 is 55.7 Å². The highest BCUT2D eigenvalue weighted by Crippen LogP contribution is 2.60. The van der Waals surface area contributed by atoms with Gasteiger partial charge in [-0.15, -0.1) is 0 Å². The van der Waals surface area contributed by atoms with Crippen molar-refractivity contribution in [3.63, 3.8) is 0 Å². The molecule has 2 aromatic heterocycles. The number of halogens is 4. The first-order chi connectivity index (χ1) is 16.3. The van der Waals surface area contributed by atoms with Gasteiger partial charge in [0, 0.05) is 6.07 Å². The Morgan fingerprint density at radius 2 is 2.00 bits per heavy atom. The summed E-state index contributed by atoms with van der Waals surface area (Å²) in [6, 6.07) is 4.42. The van der Waals surface area contributed by atoms with E-state index in [1.807, 2.05) is 13.8 Å². The van der Waals surface area contributed by atoms with E-state index in [0.717, 1.165) is 0 Å². The van der Waals surface area contributed by atoms with Gasteiger partial charge in [-0.05, 0) is 36.5 Å². The van der Waals surface area contributed by atoms with Crippen LogP contribution in [0.25, 0.3) is 11.0 Å². The molecule has 2 aliphatic rings. The Morgan fingerprint density at radius 1 is 1.29 bits per heavy atom. The first kappa shape index (κ1) is 23.7. The molecule has 0 radical (unpaired) electrons. The maximum absolute atomic E-state index is 13.4. The summed E-state index contributed by atoms with van der Waals surface area (Å²) < 4.78 is 73.7. The number of carbonyl (C=O) groups is 1. The lowest BCUT2D eigenvalue weighted by molar-refractivity contribution is -0.119. The fourth-order valence-electron chi connectivity index (χ4n) is 3.99. The van der Waals surface area contributed by atoms with E-state index in [0.29, 0.717) is 36.4 Å². The van der Waals surface area contributed by atoms with Gasteiger partial charge in [-0.1, -0.05) is 30.6 Å². The summed E-state index contributed by atoms with van der Waals surface area (Å²) in [4.78, 5) is 19.1. The number of alkyl halides is 3. The maximum atomic E-state index is 13.4. The number of anilines is 3. The van der Waals surface area contributed by atoms with Crippen LogP contribution in [0, 0.1) is 5.92 Å². The number of aromatic nitrogens is 2. The fourth-order valence-corrected chi connectivity index (χ4v) is 4.73. The molecule has 1 saturated carbocycles. The number of fused-ring (bicyclic) bond motifs is 3. The molecule has 1 aliphatic carbocycles. The SMILES string of the molecule is CC(C)COc1ncc(N2C(=O)C3(CC3)c3cc4c(NS(=O)(=O)C(F)(F)F)noc4cc32)cc1Cl. The molecule has 0 unspecified atom stereocenters. The lowest BCUT2D eigenvalue weighted by Gasteiger charge is -2.19. The maximum Gasteiger partial charge on any atom is 0.516 e. The van der Waals surface area contributed by atoms with Crippen LogP contribution in [0.2, 0.25) is 5.02 Å². The molecule has 0 bridgehead atoms. The van der Waals surface area contributed by atoms with Crippen LogP contribution in [0.15, 0.2) is 28.9 Å². The van der Waals surface area contributed by atoms with Gasteiger partial charge in [0.2, 0.25) is 11.8 Å². The third kappa shape index (κ3) is 3.77. The van der Waals surface area contributed by atoms with Crippen LogP contribution < -0.4 is 14.4 Å². The van der Waals surface area contributed by atoms with Gasteiger partial charge in [0.1, 0.15) is 5.02 Å². The summed E-state index contributed by atoms with van der Waals surface area (Å²) in [6.07, 6.45) is 2.48. The molecule has 1 N–H and O–H groups in total. The second-order valence-electron chi connectivity index (χ2n) is 8.86. The Balaban J connectivity index is 1.56. The Morgan fingerprint density at radius 3 is 2.60 bits per heavy atom. The third-order valence-electron chi connectivity index (χ3n) is 5.85. The van der Waals surface area contributed by atoms with Crippen LogP contribution in [-0.2, 0) is 20.2 Å². The molecule has 35 heavy (non-hydrogen) atoms. The highest BCUT2D eigenvalue weighted by atomic mass is 35.5. The monoisotopic (exact) mass is 530 g/mol. The lowest BCUT2D eigenvalue weighted by Crippen LogP contribution is -2.30. The van der Waals surface area contributed by atoms with Gasteiger partial charge in [-0.25, -0.2) is 4.98 Å². The molecule has 3 aromatic rings. The van der Waals surface area contributed by atoms with E-state index >= 15 is 0 Å². The lowest BCUT2D eigenvalue weighted by atomic mass is 9.96. The average Bonchev–Trinajstić information content (AvgIpc) is 3.43. The average molecular weight is 531 g/mol. The molecule has 0 atom stereocenters. The normalized spacial score (nSPS) is 16.9. The molecule has 5 rings (SSSR count). The second kappa shape index (κ2) is 7.72. The van der Waals surface area contributed by atoms with E-state index in [9.17, 15) is 26.4 Å². The molecule has 186 valence electrons. The number of ether oxygens (including phenoxy) is 1. The molecular formula is C21H18ClF3N4O5S. The smallest absolute Gasteiger partial charge is 0.476 e. The van der Waals surface area contributed by atoms with E-state index in [1.54, 1.807) is 6.07 Å². The van der Waals surface area contributed by atoms with E-state index in [1.165, 1.54) is 28.0 Å². The standard InChI is InChI=1S/C21H18ClF3N4O5S/c1-10(2)9-33-18-14(22)5-11(8-26-18)29-15-7-16-12(6-13(15)20(3-4-20)19(29)30)17(27-34-16)28-35(31,32)21(23,24)25/h5-8,10H,3-4,9H2,1-2H3,(H,27,28). The van der Waals surface area contributed by atoms with Crippen LogP contribution in [-0.4, -0.2) is 36.6 Å². The first-order valence-corrected chi connectivity index (χ1v) is 12.4. The number of nitrogens with zero attached hydrogens (tertiary/aromatic N) is 3. The molecule has 1 fully saturated rings. The van der Waals surface area contributed by atoms with Crippen LogP contribution in [0.5, 0.6) is 5.88 Å². The molecule has 1 spiro atoms. The Bertz CT molecular complexity index is 1470. The predicted molar refractivity (Wildman–Crippen MR) is 120 cm³/mol. The zero-order chi connectivity index (χ0) is 25.3. The topological polar surface area (TPSA) is 115 Å². The Kier molecular flexibility index (Phi) is 5.22. The summed E-state index contributed by atoms with van der Waals surface area (Å²) in [5, 5.41) is 3.67. The van der Waals surface area contributed by atoms with Crippen molar-refractivity contribution in [3.05, 3.63) is 35.0 Å². The van der Waals surface area contributed by atoms with Gasteiger partial charge in [0.25, 0.3) is 0 Å². The van der Waals surface area contributed by atoms with Crippen molar-refractivity contribution < 1.29 is 35.6 Å². The minimum Gasteiger partial charge on any atom is -0.476 e. The van der Waals surface area contributed by atoms with Gasteiger partial charge in [-0.2, -0.15) is 21.6 Å². The minimum atomic E-state index is -5.71. The number of carbonyl (C=O) groups excluding carboxylic acids is 1. The van der Waals surface area contributed by atoms with Crippen LogP contribution >= 0.6 is 11.6 Å². The van der Waals surface area contributed by atoms with Crippen LogP contribution in [0.1, 0.15) is 32.3 Å². The summed E-state index contributed by atoms with van der Waals surface area (Å²) >= 11 is 6.34. The Labute approximate surface area is 202 Å². The van der Waals surface area contributed by atoms with Crippen molar-refractivity contribution in [2.24, 2.45) is 5.92 Å². The van der Waals surface area contributed by atoms with E-state index in [4.69, 9.17) is 20.9 Å². The fraction of sp³-hybridized carbons (Fsp3) is 0.381. The number of sulfonamides is 1. The molecule has 3 heterocycles. The van der Waals surface area contributed by atoms with Gasteiger partial charge >= 0.3 is 15.5 Å². The number of benzene rings is 1. The quantitative estimate of drug-likeness (QED) is 0.483. The highest BCUT2D eigenvalue weighted by molar-refractivity contribution is 7.93. The van der Waals surface area contributed by atoms with E-state index < -0.39 is 26.8 Å². The highest BCUT2D eigenvalue weighted by Gasteiger charge is 2.60. The molecule has 1 amide bonds. The van der Waals surface area contributed by atoms with Crippen molar-refractivity contribution in [3.8, 4) is 5.88 Å². The number of nitrogens with one attached hydrogen (secondary N) is 1. The second-order valence-corrected chi connectivity index (χ2v) is 10.9.